The number of fused-ring (bicyclic) bond motifs is 2. The maximum atomic E-state index is 12.8. The van der Waals surface area contributed by atoms with Crippen LogP contribution >= 0.6 is 11.8 Å². The van der Waals surface area contributed by atoms with E-state index < -0.39 is 0 Å². The van der Waals surface area contributed by atoms with Crippen molar-refractivity contribution in [3.05, 3.63) is 54.9 Å². The first-order valence-corrected chi connectivity index (χ1v) is 10.2. The summed E-state index contributed by atoms with van der Waals surface area (Å²) < 4.78 is 11.7. The molecule has 144 valence electrons. The third-order valence-corrected chi connectivity index (χ3v) is 5.55. The van der Waals surface area contributed by atoms with Crippen LogP contribution in [0.3, 0.4) is 0 Å². The summed E-state index contributed by atoms with van der Waals surface area (Å²) in [6.07, 6.45) is 1.36. The maximum Gasteiger partial charge on any atom is 0.233 e. The molecule has 1 amide bonds. The van der Waals surface area contributed by atoms with Gasteiger partial charge in [0.25, 0.3) is 0 Å². The Kier molecular flexibility index (Phi) is 5.62. The Hall–Kier alpha value is -2.80. The van der Waals surface area contributed by atoms with Crippen molar-refractivity contribution in [2.75, 3.05) is 25.4 Å². The third kappa shape index (κ3) is 4.04. The molecule has 0 N–H and O–H groups in total. The molecule has 28 heavy (non-hydrogen) atoms. The molecule has 0 unspecified atom stereocenters. The zero-order chi connectivity index (χ0) is 19.3. The number of rotatable bonds is 6. The molecule has 7 heteroatoms. The Balaban J connectivity index is 1.38. The van der Waals surface area contributed by atoms with Gasteiger partial charge in [-0.2, -0.15) is 0 Å². The monoisotopic (exact) mass is 395 g/mol. The maximum absolute atomic E-state index is 12.8. The van der Waals surface area contributed by atoms with E-state index in [-0.39, 0.29) is 12.0 Å². The molecule has 2 heterocycles. The number of amides is 1. The van der Waals surface area contributed by atoms with E-state index in [9.17, 15) is 4.79 Å². The predicted molar refractivity (Wildman–Crippen MR) is 109 cm³/mol. The molecule has 0 aliphatic carbocycles. The quantitative estimate of drug-likeness (QED) is 0.471. The summed E-state index contributed by atoms with van der Waals surface area (Å²) in [6, 6.07) is 15.4. The minimum Gasteiger partial charge on any atom is -0.486 e. The Morgan fingerprint density at radius 3 is 2.79 bits per heavy atom. The summed E-state index contributed by atoms with van der Waals surface area (Å²) in [4.78, 5) is 23.2. The fourth-order valence-corrected chi connectivity index (χ4v) is 4.02. The third-order valence-electron chi connectivity index (χ3n) is 4.56. The van der Waals surface area contributed by atoms with Crippen molar-refractivity contribution in [1.82, 2.24) is 14.9 Å². The number of ether oxygens (including phenoxy) is 2. The molecule has 0 saturated heterocycles. The van der Waals surface area contributed by atoms with E-state index in [4.69, 9.17) is 9.47 Å². The van der Waals surface area contributed by atoms with E-state index in [2.05, 4.69) is 9.97 Å². The van der Waals surface area contributed by atoms with Crippen LogP contribution in [0.2, 0.25) is 0 Å². The Bertz CT molecular complexity index is 977. The number of hydrogen-bond acceptors (Lipinski definition) is 6. The first kappa shape index (κ1) is 18.6. The molecule has 2 aromatic carbocycles. The van der Waals surface area contributed by atoms with Crippen molar-refractivity contribution in [2.24, 2.45) is 0 Å². The second-order valence-electron chi connectivity index (χ2n) is 6.41. The van der Waals surface area contributed by atoms with Crippen LogP contribution in [0, 0.1) is 0 Å². The zero-order valence-electron chi connectivity index (χ0n) is 15.6. The van der Waals surface area contributed by atoms with E-state index in [0.29, 0.717) is 25.4 Å². The second kappa shape index (κ2) is 8.48. The zero-order valence-corrected chi connectivity index (χ0v) is 16.4. The van der Waals surface area contributed by atoms with Gasteiger partial charge in [-0.3, -0.25) is 4.79 Å². The van der Waals surface area contributed by atoms with Crippen molar-refractivity contribution >= 4 is 28.6 Å². The molecule has 1 aliphatic rings. The largest absolute Gasteiger partial charge is 0.486 e. The van der Waals surface area contributed by atoms with Crippen LogP contribution < -0.4 is 9.47 Å². The molecule has 1 aliphatic heterocycles. The molecule has 1 aromatic heterocycles. The van der Waals surface area contributed by atoms with Crippen molar-refractivity contribution in [3.8, 4) is 11.5 Å². The number of nitrogens with zero attached hydrogens (tertiary/aromatic N) is 3. The summed E-state index contributed by atoms with van der Waals surface area (Å²) in [5.74, 6) is 1.85. The number of hydrogen-bond donors (Lipinski definition) is 0. The fraction of sp³-hybridized carbons (Fsp3) is 0.286. The minimum atomic E-state index is -0.177. The molecule has 1 atom stereocenters. The van der Waals surface area contributed by atoms with Crippen LogP contribution in [0.4, 0.5) is 0 Å². The van der Waals surface area contributed by atoms with Gasteiger partial charge < -0.3 is 14.4 Å². The second-order valence-corrected chi connectivity index (χ2v) is 7.38. The highest BCUT2D eigenvalue weighted by Gasteiger charge is 2.25. The summed E-state index contributed by atoms with van der Waals surface area (Å²) in [5.41, 5.74) is 0.881. The highest BCUT2D eigenvalue weighted by molar-refractivity contribution is 8.00. The summed E-state index contributed by atoms with van der Waals surface area (Å²) in [7, 11) is 0. The van der Waals surface area contributed by atoms with Gasteiger partial charge in [0, 0.05) is 11.9 Å². The highest BCUT2D eigenvalue weighted by atomic mass is 32.2. The standard InChI is InChI=1S/C21H21N3O3S/c1-2-24(11-15-12-26-18-9-5-6-10-19(18)27-15)20(25)13-28-21-16-7-3-4-8-17(16)22-14-23-21/h3-10,14-15H,2,11-13H2,1H3/t15-/m0/s1. The number of benzene rings is 2. The lowest BCUT2D eigenvalue weighted by molar-refractivity contribution is -0.129. The first-order valence-electron chi connectivity index (χ1n) is 9.23. The predicted octanol–water partition coefficient (Wildman–Crippen LogP) is 3.41. The van der Waals surface area contributed by atoms with Crippen molar-refractivity contribution in [2.45, 2.75) is 18.1 Å². The fourth-order valence-electron chi connectivity index (χ4n) is 3.12. The van der Waals surface area contributed by atoms with Crippen molar-refractivity contribution in [3.63, 3.8) is 0 Å². The molecule has 0 saturated carbocycles. The normalized spacial score (nSPS) is 15.4. The minimum absolute atomic E-state index is 0.0534. The molecule has 0 bridgehead atoms. The molecule has 6 nitrogen and oxygen atoms in total. The van der Waals surface area contributed by atoms with Gasteiger partial charge in [-0.25, -0.2) is 9.97 Å². The van der Waals surface area contributed by atoms with Gasteiger partial charge in [0.15, 0.2) is 17.6 Å². The lowest BCUT2D eigenvalue weighted by atomic mass is 10.2. The lowest BCUT2D eigenvalue weighted by Gasteiger charge is -2.30. The summed E-state index contributed by atoms with van der Waals surface area (Å²) in [6.45, 7) is 3.52. The Morgan fingerprint density at radius 2 is 1.93 bits per heavy atom. The smallest absolute Gasteiger partial charge is 0.233 e. The molecule has 0 fully saturated rings. The van der Waals surface area contributed by atoms with Gasteiger partial charge >= 0.3 is 0 Å². The van der Waals surface area contributed by atoms with E-state index in [0.717, 1.165) is 27.4 Å². The summed E-state index contributed by atoms with van der Waals surface area (Å²) in [5, 5.41) is 1.78. The Labute approximate surface area is 167 Å². The van der Waals surface area contributed by atoms with Crippen molar-refractivity contribution < 1.29 is 14.3 Å². The van der Waals surface area contributed by atoms with Crippen LogP contribution in [0.5, 0.6) is 11.5 Å². The number of likely N-dealkylation sites (N-methyl/N-ethyl adjacent to an activating group) is 1. The number of thioether (sulfide) groups is 1. The SMILES string of the molecule is CCN(C[C@H]1COc2ccccc2O1)C(=O)CSc1ncnc2ccccc12. The van der Waals surface area contributed by atoms with Crippen LogP contribution in [0.15, 0.2) is 59.9 Å². The molecule has 3 aromatic rings. The molecule has 0 radical (unpaired) electrons. The van der Waals surface area contributed by atoms with Crippen LogP contribution in [-0.2, 0) is 4.79 Å². The molecule has 4 rings (SSSR count). The highest BCUT2D eigenvalue weighted by Crippen LogP contribution is 2.31. The van der Waals surface area contributed by atoms with Crippen molar-refractivity contribution in [1.29, 1.82) is 0 Å². The molecule has 0 spiro atoms. The number of carbonyl (C=O) groups excluding carboxylic acids is 1. The number of para-hydroxylation sites is 3. The number of carbonyl (C=O) groups is 1. The lowest BCUT2D eigenvalue weighted by Crippen LogP contribution is -2.44. The van der Waals surface area contributed by atoms with Gasteiger partial charge in [-0.15, -0.1) is 0 Å². The van der Waals surface area contributed by atoms with Gasteiger partial charge in [-0.05, 0) is 25.1 Å². The average molecular weight is 395 g/mol. The van der Waals surface area contributed by atoms with Gasteiger partial charge in [0.05, 0.1) is 17.8 Å². The number of aromatic nitrogens is 2. The Morgan fingerprint density at radius 1 is 1.14 bits per heavy atom. The molecular weight excluding hydrogens is 374 g/mol. The van der Waals surface area contributed by atoms with Crippen LogP contribution in [-0.4, -0.2) is 52.3 Å². The average Bonchev–Trinajstić information content (AvgIpc) is 2.75. The first-order chi connectivity index (χ1) is 13.7. The van der Waals surface area contributed by atoms with Gasteiger partial charge in [-0.1, -0.05) is 42.1 Å². The molecular formula is C21H21N3O3S. The topological polar surface area (TPSA) is 64.6 Å². The van der Waals surface area contributed by atoms with Gasteiger partial charge in [0.2, 0.25) is 5.91 Å². The van der Waals surface area contributed by atoms with E-state index in [1.807, 2.05) is 55.5 Å². The summed E-state index contributed by atoms with van der Waals surface area (Å²) >= 11 is 1.44. The van der Waals surface area contributed by atoms with E-state index >= 15 is 0 Å². The van der Waals surface area contributed by atoms with E-state index in [1.165, 1.54) is 18.1 Å². The van der Waals surface area contributed by atoms with Gasteiger partial charge in [0.1, 0.15) is 18.0 Å². The van der Waals surface area contributed by atoms with E-state index in [1.54, 1.807) is 4.90 Å². The van der Waals surface area contributed by atoms with Crippen LogP contribution in [0.1, 0.15) is 6.92 Å². The van der Waals surface area contributed by atoms with Crippen LogP contribution in [0.25, 0.3) is 10.9 Å².